The zero-order valence-electron chi connectivity index (χ0n) is 18.3. The molecule has 5 rings (SSSR count). The van der Waals surface area contributed by atoms with Gasteiger partial charge in [0.2, 0.25) is 0 Å². The molecule has 7 nitrogen and oxygen atoms in total. The first-order valence-corrected chi connectivity index (χ1v) is 10.6. The van der Waals surface area contributed by atoms with Gasteiger partial charge in [-0.25, -0.2) is 4.39 Å². The highest BCUT2D eigenvalue weighted by Crippen LogP contribution is 2.25. The average molecular weight is 442 g/mol. The number of ether oxygens (including phenoxy) is 1. The zero-order chi connectivity index (χ0) is 22.8. The maximum atomic E-state index is 14.9. The van der Waals surface area contributed by atoms with Crippen LogP contribution < -0.4 is 15.4 Å². The van der Waals surface area contributed by atoms with Crippen molar-refractivity contribution in [2.24, 2.45) is 4.99 Å². The van der Waals surface area contributed by atoms with E-state index in [0.29, 0.717) is 18.1 Å². The fraction of sp³-hybridized carbons (Fsp3) is 0.160. The SMILES string of the molecule is COc1ccc(Cn2nc(C3=NC(C)C(F)=C(Nc4ccncc4)N3)c3ccccc32)cc1. The molecule has 0 bridgehead atoms. The van der Waals surface area contributed by atoms with Gasteiger partial charge in [-0.1, -0.05) is 30.3 Å². The Balaban J connectivity index is 1.48. The maximum Gasteiger partial charge on any atom is 0.165 e. The van der Waals surface area contributed by atoms with Crippen LogP contribution in [0.4, 0.5) is 10.1 Å². The number of para-hydroxylation sites is 1. The Morgan fingerprint density at radius 3 is 2.58 bits per heavy atom. The number of rotatable bonds is 6. The van der Waals surface area contributed by atoms with Crippen LogP contribution in [-0.2, 0) is 6.54 Å². The number of aliphatic imine (C=N–C) groups is 1. The molecule has 1 aliphatic rings. The predicted octanol–water partition coefficient (Wildman–Crippen LogP) is 4.48. The number of hydrogen-bond donors (Lipinski definition) is 2. The van der Waals surface area contributed by atoms with Gasteiger partial charge in [-0.15, -0.1) is 0 Å². The topological polar surface area (TPSA) is 76.4 Å². The van der Waals surface area contributed by atoms with E-state index in [4.69, 9.17) is 9.84 Å². The van der Waals surface area contributed by atoms with Crippen molar-refractivity contribution in [1.29, 1.82) is 0 Å². The summed E-state index contributed by atoms with van der Waals surface area (Å²) in [6, 6.07) is 18.8. The van der Waals surface area contributed by atoms with Crippen LogP contribution in [0.5, 0.6) is 5.75 Å². The largest absolute Gasteiger partial charge is 0.497 e. The Hall–Kier alpha value is -4.20. The van der Waals surface area contributed by atoms with Crippen molar-refractivity contribution in [3.8, 4) is 5.75 Å². The number of anilines is 1. The molecule has 0 amide bonds. The Labute approximate surface area is 190 Å². The minimum absolute atomic E-state index is 0.257. The van der Waals surface area contributed by atoms with Crippen LogP contribution in [0.2, 0.25) is 0 Å². The first kappa shape index (κ1) is 20.7. The number of methoxy groups -OCH3 is 1. The van der Waals surface area contributed by atoms with Gasteiger partial charge < -0.3 is 15.4 Å². The first-order chi connectivity index (χ1) is 16.1. The summed E-state index contributed by atoms with van der Waals surface area (Å²) in [5.74, 6) is 1.22. The molecule has 8 heteroatoms. The monoisotopic (exact) mass is 442 g/mol. The molecule has 2 aromatic heterocycles. The van der Waals surface area contributed by atoms with Crippen molar-refractivity contribution in [2.75, 3.05) is 12.4 Å². The lowest BCUT2D eigenvalue weighted by atomic mass is 10.1. The standard InChI is InChI=1S/C25H23FN6O/c1-16-22(26)24(29-18-11-13-27-14-12-18)30-25(28-16)23-20-5-3-4-6-21(20)32(31-23)15-17-7-9-19(33-2)10-8-17/h3-14,16H,15H2,1-2H3,(H,27,29)(H,28,30). The van der Waals surface area contributed by atoms with Crippen LogP contribution in [0.3, 0.4) is 0 Å². The van der Waals surface area contributed by atoms with Crippen LogP contribution in [0.1, 0.15) is 18.2 Å². The van der Waals surface area contributed by atoms with Gasteiger partial charge in [0.25, 0.3) is 0 Å². The second-order valence-electron chi connectivity index (χ2n) is 7.73. The van der Waals surface area contributed by atoms with Gasteiger partial charge in [0.05, 0.1) is 19.2 Å². The lowest BCUT2D eigenvalue weighted by molar-refractivity contribution is 0.414. The van der Waals surface area contributed by atoms with E-state index in [-0.39, 0.29) is 11.6 Å². The number of pyridine rings is 1. The van der Waals surface area contributed by atoms with E-state index in [9.17, 15) is 4.39 Å². The smallest absolute Gasteiger partial charge is 0.165 e. The highest BCUT2D eigenvalue weighted by Gasteiger charge is 2.25. The minimum atomic E-state index is -0.643. The molecular formula is C25H23FN6O. The average Bonchev–Trinajstić information content (AvgIpc) is 3.21. The van der Waals surface area contributed by atoms with Crippen molar-refractivity contribution in [3.05, 3.63) is 96.0 Å². The normalized spacial score (nSPS) is 15.8. The van der Waals surface area contributed by atoms with E-state index in [1.54, 1.807) is 38.6 Å². The lowest BCUT2D eigenvalue weighted by Gasteiger charge is -2.22. The molecule has 0 radical (unpaired) electrons. The van der Waals surface area contributed by atoms with Crippen molar-refractivity contribution >= 4 is 22.4 Å². The Kier molecular flexibility index (Phi) is 5.48. The highest BCUT2D eigenvalue weighted by atomic mass is 19.1. The molecule has 1 atom stereocenters. The van der Waals surface area contributed by atoms with Crippen LogP contribution >= 0.6 is 0 Å². The Morgan fingerprint density at radius 2 is 1.82 bits per heavy atom. The second-order valence-corrected chi connectivity index (χ2v) is 7.73. The predicted molar refractivity (Wildman–Crippen MR) is 127 cm³/mol. The van der Waals surface area contributed by atoms with Crippen molar-refractivity contribution in [3.63, 3.8) is 0 Å². The molecular weight excluding hydrogens is 419 g/mol. The first-order valence-electron chi connectivity index (χ1n) is 10.6. The maximum absolute atomic E-state index is 14.9. The van der Waals surface area contributed by atoms with E-state index in [1.165, 1.54) is 0 Å². The lowest BCUT2D eigenvalue weighted by Crippen LogP contribution is -2.35. The third kappa shape index (κ3) is 4.15. The van der Waals surface area contributed by atoms with Gasteiger partial charge >= 0.3 is 0 Å². The third-order valence-corrected chi connectivity index (χ3v) is 5.50. The molecule has 2 N–H and O–H groups in total. The van der Waals surface area contributed by atoms with Gasteiger partial charge in [0.1, 0.15) is 23.3 Å². The molecule has 4 aromatic rings. The number of aromatic nitrogens is 3. The number of nitrogens with one attached hydrogen (secondary N) is 2. The fourth-order valence-electron chi connectivity index (χ4n) is 3.79. The van der Waals surface area contributed by atoms with E-state index < -0.39 is 6.04 Å². The molecule has 2 aromatic carbocycles. The molecule has 33 heavy (non-hydrogen) atoms. The van der Waals surface area contributed by atoms with Gasteiger partial charge in [-0.2, -0.15) is 5.10 Å². The van der Waals surface area contributed by atoms with E-state index in [1.807, 2.05) is 53.2 Å². The fourth-order valence-corrected chi connectivity index (χ4v) is 3.79. The summed E-state index contributed by atoms with van der Waals surface area (Å²) in [6.07, 6.45) is 3.30. The molecule has 0 saturated heterocycles. The summed E-state index contributed by atoms with van der Waals surface area (Å²) >= 11 is 0. The second kappa shape index (κ2) is 8.74. The quantitative estimate of drug-likeness (QED) is 0.461. The van der Waals surface area contributed by atoms with Gasteiger partial charge in [-0.05, 0) is 42.8 Å². The molecule has 1 aliphatic heterocycles. The number of hydrogen-bond acceptors (Lipinski definition) is 6. The van der Waals surface area contributed by atoms with Crippen molar-refractivity contribution < 1.29 is 9.13 Å². The summed E-state index contributed by atoms with van der Waals surface area (Å²) in [4.78, 5) is 8.55. The number of amidine groups is 1. The van der Waals surface area contributed by atoms with Crippen LogP contribution in [0.15, 0.2) is 89.7 Å². The molecule has 1 unspecified atom stereocenters. The number of benzene rings is 2. The number of fused-ring (bicyclic) bond motifs is 1. The van der Waals surface area contributed by atoms with Crippen molar-refractivity contribution in [2.45, 2.75) is 19.5 Å². The van der Waals surface area contributed by atoms with Gasteiger partial charge in [-0.3, -0.25) is 14.7 Å². The van der Waals surface area contributed by atoms with E-state index in [2.05, 4.69) is 20.6 Å². The summed E-state index contributed by atoms with van der Waals surface area (Å²) in [5, 5.41) is 12.0. The highest BCUT2D eigenvalue weighted by molar-refractivity contribution is 6.09. The Morgan fingerprint density at radius 1 is 1.06 bits per heavy atom. The van der Waals surface area contributed by atoms with Crippen LogP contribution in [-0.4, -0.2) is 33.8 Å². The number of nitrogens with zero attached hydrogens (tertiary/aromatic N) is 4. The molecule has 0 saturated carbocycles. The molecule has 0 fully saturated rings. The molecule has 0 spiro atoms. The zero-order valence-corrected chi connectivity index (χ0v) is 18.3. The summed E-state index contributed by atoms with van der Waals surface area (Å²) < 4.78 is 22.1. The molecule has 166 valence electrons. The Bertz CT molecular complexity index is 1340. The molecule has 0 aliphatic carbocycles. The summed E-state index contributed by atoms with van der Waals surface area (Å²) in [5.41, 5.74) is 3.46. The molecule has 3 heterocycles. The summed E-state index contributed by atoms with van der Waals surface area (Å²) in [6.45, 7) is 2.31. The number of halogens is 1. The van der Waals surface area contributed by atoms with E-state index in [0.717, 1.165) is 27.9 Å². The van der Waals surface area contributed by atoms with Crippen LogP contribution in [0.25, 0.3) is 10.9 Å². The van der Waals surface area contributed by atoms with Crippen LogP contribution in [0, 0.1) is 0 Å². The summed E-state index contributed by atoms with van der Waals surface area (Å²) in [7, 11) is 1.65. The van der Waals surface area contributed by atoms with E-state index >= 15 is 0 Å². The van der Waals surface area contributed by atoms with Crippen molar-refractivity contribution in [1.82, 2.24) is 20.1 Å². The van der Waals surface area contributed by atoms with Gasteiger partial charge in [0.15, 0.2) is 11.7 Å². The van der Waals surface area contributed by atoms with Gasteiger partial charge in [0, 0.05) is 23.5 Å². The third-order valence-electron chi connectivity index (χ3n) is 5.50. The minimum Gasteiger partial charge on any atom is -0.497 e.